The molecule has 5 nitrogen and oxygen atoms in total. The van der Waals surface area contributed by atoms with E-state index < -0.39 is 0 Å². The Morgan fingerprint density at radius 2 is 2.44 bits per heavy atom. The van der Waals surface area contributed by atoms with E-state index in [1.807, 2.05) is 6.92 Å². The molecule has 5 heteroatoms. The van der Waals surface area contributed by atoms with E-state index in [0.717, 1.165) is 25.9 Å². The van der Waals surface area contributed by atoms with Crippen LogP contribution in [0, 0.1) is 0 Å². The number of aliphatic hydroxyl groups excluding tert-OH is 1. The number of urea groups is 1. The van der Waals surface area contributed by atoms with Crippen molar-refractivity contribution >= 4 is 6.03 Å². The van der Waals surface area contributed by atoms with Gasteiger partial charge in [-0.25, -0.2) is 4.79 Å². The number of hydrogen-bond donors (Lipinski definition) is 3. The van der Waals surface area contributed by atoms with E-state index in [-0.39, 0.29) is 24.8 Å². The number of amides is 2. The van der Waals surface area contributed by atoms with Gasteiger partial charge in [0.1, 0.15) is 0 Å². The summed E-state index contributed by atoms with van der Waals surface area (Å²) in [6, 6.07) is -0.0765. The molecule has 2 atom stereocenters. The Bertz CT molecular complexity index is 205. The monoisotopic (exact) mass is 230 g/mol. The molecular formula is C11H22N2O3. The average Bonchev–Trinajstić information content (AvgIpc) is 2.79. The Morgan fingerprint density at radius 3 is 3.00 bits per heavy atom. The van der Waals surface area contributed by atoms with Gasteiger partial charge in [-0.05, 0) is 25.7 Å². The number of carbonyl (C=O) groups excluding carboxylic acids is 1. The lowest BCUT2D eigenvalue weighted by Gasteiger charge is -2.22. The predicted molar refractivity (Wildman–Crippen MR) is 61.3 cm³/mol. The van der Waals surface area contributed by atoms with E-state index >= 15 is 0 Å². The molecule has 0 spiro atoms. The molecule has 0 bridgehead atoms. The Hall–Kier alpha value is -0.810. The van der Waals surface area contributed by atoms with Crippen LogP contribution in [0.25, 0.3) is 0 Å². The van der Waals surface area contributed by atoms with E-state index in [0.29, 0.717) is 13.0 Å². The summed E-state index contributed by atoms with van der Waals surface area (Å²) < 4.78 is 5.55. The van der Waals surface area contributed by atoms with Gasteiger partial charge in [0.05, 0.1) is 12.1 Å². The summed E-state index contributed by atoms with van der Waals surface area (Å²) in [6.07, 6.45) is 3.72. The highest BCUT2D eigenvalue weighted by atomic mass is 16.5. The second-order valence-electron chi connectivity index (χ2n) is 4.04. The molecule has 0 radical (unpaired) electrons. The van der Waals surface area contributed by atoms with E-state index in [2.05, 4.69) is 10.6 Å². The fourth-order valence-corrected chi connectivity index (χ4v) is 1.88. The molecule has 0 aliphatic carbocycles. The van der Waals surface area contributed by atoms with Crippen LogP contribution in [-0.4, -0.2) is 43.0 Å². The quantitative estimate of drug-likeness (QED) is 0.586. The van der Waals surface area contributed by atoms with Crippen molar-refractivity contribution in [1.82, 2.24) is 10.6 Å². The minimum atomic E-state index is -0.171. The van der Waals surface area contributed by atoms with Crippen molar-refractivity contribution in [1.29, 1.82) is 0 Å². The number of hydrogen-bond acceptors (Lipinski definition) is 3. The Labute approximate surface area is 96.6 Å². The lowest BCUT2D eigenvalue weighted by Crippen LogP contribution is -2.47. The number of aliphatic hydroxyl groups is 1. The molecule has 1 aliphatic heterocycles. The molecule has 3 N–H and O–H groups in total. The first-order valence-electron chi connectivity index (χ1n) is 6.04. The Kier molecular flexibility index (Phi) is 6.18. The van der Waals surface area contributed by atoms with Crippen LogP contribution in [0.2, 0.25) is 0 Å². The number of ether oxygens (including phenoxy) is 1. The van der Waals surface area contributed by atoms with Crippen LogP contribution >= 0.6 is 0 Å². The first kappa shape index (κ1) is 13.3. The molecular weight excluding hydrogens is 208 g/mol. The standard InChI is InChI=1S/C11H22N2O3/c1-2-9(10-5-3-8-16-10)13-11(15)12-6-4-7-14/h9-10,14H,2-8H2,1H3,(H2,12,13,15). The fourth-order valence-electron chi connectivity index (χ4n) is 1.88. The third kappa shape index (κ3) is 4.37. The third-order valence-corrected chi connectivity index (χ3v) is 2.79. The molecule has 0 aromatic rings. The molecule has 1 heterocycles. The molecule has 0 aromatic heterocycles. The normalized spacial score (nSPS) is 21.8. The van der Waals surface area contributed by atoms with E-state index in [1.54, 1.807) is 0 Å². The second kappa shape index (κ2) is 7.46. The highest BCUT2D eigenvalue weighted by Crippen LogP contribution is 2.17. The Morgan fingerprint density at radius 1 is 1.62 bits per heavy atom. The van der Waals surface area contributed by atoms with Crippen molar-refractivity contribution in [2.24, 2.45) is 0 Å². The molecule has 2 unspecified atom stereocenters. The topological polar surface area (TPSA) is 70.6 Å². The molecule has 1 rings (SSSR count). The summed E-state index contributed by atoms with van der Waals surface area (Å²) >= 11 is 0. The lowest BCUT2D eigenvalue weighted by atomic mass is 10.1. The maximum atomic E-state index is 11.5. The van der Waals surface area contributed by atoms with Crippen LogP contribution < -0.4 is 10.6 Å². The van der Waals surface area contributed by atoms with E-state index in [4.69, 9.17) is 9.84 Å². The van der Waals surface area contributed by atoms with Gasteiger partial charge in [-0.1, -0.05) is 6.92 Å². The molecule has 2 amide bonds. The molecule has 0 aromatic carbocycles. The van der Waals surface area contributed by atoms with Crippen molar-refractivity contribution in [2.45, 2.75) is 44.8 Å². The molecule has 1 aliphatic rings. The van der Waals surface area contributed by atoms with Crippen molar-refractivity contribution in [2.75, 3.05) is 19.8 Å². The summed E-state index contributed by atoms with van der Waals surface area (Å²) in [4.78, 5) is 11.5. The first-order chi connectivity index (χ1) is 7.77. The average molecular weight is 230 g/mol. The van der Waals surface area contributed by atoms with Gasteiger partial charge < -0.3 is 20.5 Å². The maximum Gasteiger partial charge on any atom is 0.315 e. The van der Waals surface area contributed by atoms with Gasteiger partial charge in [-0.3, -0.25) is 0 Å². The fraction of sp³-hybridized carbons (Fsp3) is 0.909. The third-order valence-electron chi connectivity index (χ3n) is 2.79. The number of nitrogens with one attached hydrogen (secondary N) is 2. The van der Waals surface area contributed by atoms with Crippen LogP contribution in [0.1, 0.15) is 32.6 Å². The zero-order valence-electron chi connectivity index (χ0n) is 9.87. The van der Waals surface area contributed by atoms with Crippen LogP contribution in [-0.2, 0) is 4.74 Å². The zero-order valence-corrected chi connectivity index (χ0v) is 9.87. The van der Waals surface area contributed by atoms with Crippen molar-refractivity contribution < 1.29 is 14.6 Å². The van der Waals surface area contributed by atoms with Crippen LogP contribution in [0.15, 0.2) is 0 Å². The van der Waals surface area contributed by atoms with E-state index in [1.165, 1.54) is 0 Å². The van der Waals surface area contributed by atoms with Crippen molar-refractivity contribution in [3.8, 4) is 0 Å². The molecule has 1 fully saturated rings. The smallest absolute Gasteiger partial charge is 0.315 e. The van der Waals surface area contributed by atoms with Gasteiger partial charge in [0.25, 0.3) is 0 Å². The van der Waals surface area contributed by atoms with Crippen LogP contribution in [0.4, 0.5) is 4.79 Å². The van der Waals surface area contributed by atoms with Crippen LogP contribution in [0.5, 0.6) is 0 Å². The van der Waals surface area contributed by atoms with Crippen LogP contribution in [0.3, 0.4) is 0 Å². The number of rotatable bonds is 6. The molecule has 1 saturated heterocycles. The Balaban J connectivity index is 2.23. The maximum absolute atomic E-state index is 11.5. The second-order valence-corrected chi connectivity index (χ2v) is 4.04. The van der Waals surface area contributed by atoms with Gasteiger partial charge in [0, 0.05) is 19.8 Å². The van der Waals surface area contributed by atoms with Gasteiger partial charge in [-0.15, -0.1) is 0 Å². The predicted octanol–water partition coefficient (Wildman–Crippen LogP) is 0.626. The highest BCUT2D eigenvalue weighted by Gasteiger charge is 2.25. The van der Waals surface area contributed by atoms with Gasteiger partial charge in [0.15, 0.2) is 0 Å². The number of carbonyl (C=O) groups is 1. The van der Waals surface area contributed by atoms with Gasteiger partial charge in [0.2, 0.25) is 0 Å². The van der Waals surface area contributed by atoms with E-state index in [9.17, 15) is 4.79 Å². The molecule has 94 valence electrons. The minimum Gasteiger partial charge on any atom is -0.396 e. The van der Waals surface area contributed by atoms with Gasteiger partial charge in [-0.2, -0.15) is 0 Å². The van der Waals surface area contributed by atoms with Crippen molar-refractivity contribution in [3.63, 3.8) is 0 Å². The summed E-state index contributed by atoms with van der Waals surface area (Å²) in [5.74, 6) is 0. The summed E-state index contributed by atoms with van der Waals surface area (Å²) in [6.45, 7) is 3.45. The summed E-state index contributed by atoms with van der Waals surface area (Å²) in [5, 5.41) is 14.2. The lowest BCUT2D eigenvalue weighted by molar-refractivity contribution is 0.0796. The molecule has 0 saturated carbocycles. The summed E-state index contributed by atoms with van der Waals surface area (Å²) in [7, 11) is 0. The SMILES string of the molecule is CCC(NC(=O)NCCCO)C1CCCO1. The molecule has 16 heavy (non-hydrogen) atoms. The zero-order chi connectivity index (χ0) is 11.8. The summed E-state index contributed by atoms with van der Waals surface area (Å²) in [5.41, 5.74) is 0. The van der Waals surface area contributed by atoms with Gasteiger partial charge >= 0.3 is 6.03 Å². The largest absolute Gasteiger partial charge is 0.396 e. The minimum absolute atomic E-state index is 0.0941. The first-order valence-corrected chi connectivity index (χ1v) is 6.04. The highest BCUT2D eigenvalue weighted by molar-refractivity contribution is 5.74. The van der Waals surface area contributed by atoms with Crippen molar-refractivity contribution in [3.05, 3.63) is 0 Å².